The zero-order valence-electron chi connectivity index (χ0n) is 27.5. The Morgan fingerprint density at radius 1 is 1.02 bits per heavy atom. The van der Waals surface area contributed by atoms with Crippen LogP contribution in [0.1, 0.15) is 98.6 Å². The average Bonchev–Trinajstić information content (AvgIpc) is 2.93. The zero-order valence-corrected chi connectivity index (χ0v) is 27.5. The third-order valence-electron chi connectivity index (χ3n) is 8.75. The quantitative estimate of drug-likeness (QED) is 0.241. The molecule has 1 N–H and O–H groups in total. The van der Waals surface area contributed by atoms with Crippen molar-refractivity contribution < 1.29 is 0 Å². The van der Waals surface area contributed by atoms with Gasteiger partial charge in [0.25, 0.3) is 0 Å². The molecule has 0 radical (unpaired) electrons. The van der Waals surface area contributed by atoms with Gasteiger partial charge in [0.2, 0.25) is 0 Å². The van der Waals surface area contributed by atoms with Crippen molar-refractivity contribution in [3.8, 4) is 0 Å². The smallest absolute Gasteiger partial charge is 0.0446 e. The second-order valence-corrected chi connectivity index (χ2v) is 12.5. The molecular weight excluding hydrogens is 494 g/mol. The topological polar surface area (TPSA) is 12.0 Å². The molecule has 0 amide bonds. The van der Waals surface area contributed by atoms with E-state index in [9.17, 15) is 0 Å². The number of hydrogen-bond donors (Lipinski definition) is 1. The Hall–Kier alpha value is -3.32. The molecule has 2 rings (SSSR count). The van der Waals surface area contributed by atoms with Crippen LogP contribution >= 0.6 is 0 Å². The van der Waals surface area contributed by atoms with Gasteiger partial charge in [-0.2, -0.15) is 0 Å². The Morgan fingerprint density at radius 2 is 1.71 bits per heavy atom. The molecule has 1 aromatic carbocycles. The van der Waals surface area contributed by atoms with E-state index in [1.54, 1.807) is 0 Å². The van der Waals surface area contributed by atoms with E-state index < -0.39 is 0 Å². The summed E-state index contributed by atoms with van der Waals surface area (Å²) in [5.74, 6) is 0. The Labute approximate surface area is 252 Å². The van der Waals surface area contributed by atoms with E-state index in [0.29, 0.717) is 0 Å². The van der Waals surface area contributed by atoms with Crippen molar-refractivity contribution in [3.05, 3.63) is 142 Å². The fourth-order valence-corrected chi connectivity index (χ4v) is 5.57. The van der Waals surface area contributed by atoms with Gasteiger partial charge in [-0.05, 0) is 92.4 Å². The van der Waals surface area contributed by atoms with E-state index in [0.717, 1.165) is 43.4 Å². The summed E-state index contributed by atoms with van der Waals surface area (Å²) in [5.41, 5.74) is 12.2. The molecule has 1 heteroatoms. The van der Waals surface area contributed by atoms with Crippen molar-refractivity contribution in [2.45, 2.75) is 99.8 Å². The summed E-state index contributed by atoms with van der Waals surface area (Å²) in [6, 6.07) is 8.72. The van der Waals surface area contributed by atoms with Gasteiger partial charge in [0.1, 0.15) is 0 Å². The molecule has 1 aromatic rings. The molecule has 0 saturated heterocycles. The maximum absolute atomic E-state index is 4.51. The first-order valence-corrected chi connectivity index (χ1v) is 15.3. The van der Waals surface area contributed by atoms with Crippen LogP contribution in [0.3, 0.4) is 0 Å². The Kier molecular flexibility index (Phi) is 12.4. The summed E-state index contributed by atoms with van der Waals surface area (Å²) in [6.45, 7) is 32.9. The highest BCUT2D eigenvalue weighted by atomic mass is 14.9. The molecule has 0 aliphatic heterocycles. The minimum absolute atomic E-state index is 0.0476. The van der Waals surface area contributed by atoms with Gasteiger partial charge in [0.05, 0.1) is 0 Å². The minimum Gasteiger partial charge on any atom is -0.359 e. The highest BCUT2D eigenvalue weighted by Gasteiger charge is 2.26. The van der Waals surface area contributed by atoms with Crippen LogP contribution < -0.4 is 5.32 Å². The molecule has 1 nitrogen and oxygen atoms in total. The molecule has 0 fully saturated rings. The average molecular weight is 550 g/mol. The highest BCUT2D eigenvalue weighted by Crippen LogP contribution is 2.39. The van der Waals surface area contributed by atoms with Crippen LogP contribution in [0.2, 0.25) is 0 Å². The maximum atomic E-state index is 4.51. The number of aryl methyl sites for hydroxylation is 1. The van der Waals surface area contributed by atoms with Crippen molar-refractivity contribution in [1.82, 2.24) is 5.32 Å². The van der Waals surface area contributed by atoms with Crippen molar-refractivity contribution in [1.29, 1.82) is 0 Å². The zero-order chi connectivity index (χ0) is 30.8. The lowest BCUT2D eigenvalue weighted by Crippen LogP contribution is -2.20. The predicted octanol–water partition coefficient (Wildman–Crippen LogP) is 11.7. The summed E-state index contributed by atoms with van der Waals surface area (Å²) in [7, 11) is 0. The van der Waals surface area contributed by atoms with Gasteiger partial charge >= 0.3 is 0 Å². The molecule has 0 unspecified atom stereocenters. The molecule has 1 aliphatic carbocycles. The van der Waals surface area contributed by atoms with E-state index in [1.807, 2.05) is 6.08 Å². The number of rotatable bonds is 13. The Morgan fingerprint density at radius 3 is 2.32 bits per heavy atom. The molecule has 1 aliphatic rings. The van der Waals surface area contributed by atoms with Crippen molar-refractivity contribution in [2.75, 3.05) is 0 Å². The van der Waals surface area contributed by atoms with E-state index in [2.05, 4.69) is 148 Å². The fourth-order valence-electron chi connectivity index (χ4n) is 5.57. The van der Waals surface area contributed by atoms with Crippen molar-refractivity contribution in [2.24, 2.45) is 5.41 Å². The van der Waals surface area contributed by atoms with Crippen LogP contribution in [0.4, 0.5) is 0 Å². The van der Waals surface area contributed by atoms with Crippen molar-refractivity contribution in [3.63, 3.8) is 0 Å². The molecule has 0 atom stereocenters. The van der Waals surface area contributed by atoms with Crippen molar-refractivity contribution >= 4 is 0 Å². The van der Waals surface area contributed by atoms with Gasteiger partial charge in [-0.1, -0.05) is 133 Å². The lowest BCUT2D eigenvalue weighted by atomic mass is 9.75. The van der Waals surface area contributed by atoms with E-state index in [-0.39, 0.29) is 10.8 Å². The van der Waals surface area contributed by atoms with E-state index >= 15 is 0 Å². The van der Waals surface area contributed by atoms with Gasteiger partial charge in [0.15, 0.2) is 0 Å². The third kappa shape index (κ3) is 8.59. The summed E-state index contributed by atoms with van der Waals surface area (Å²) in [4.78, 5) is 0. The Balaban J connectivity index is 2.55. The first kappa shape index (κ1) is 33.9. The van der Waals surface area contributed by atoms with Gasteiger partial charge in [0, 0.05) is 22.2 Å². The molecule has 220 valence electrons. The van der Waals surface area contributed by atoms with Gasteiger partial charge in [-0.15, -0.1) is 0 Å². The third-order valence-corrected chi connectivity index (χ3v) is 8.75. The van der Waals surface area contributed by atoms with Gasteiger partial charge in [-0.3, -0.25) is 0 Å². The molecule has 0 saturated carbocycles. The number of nitrogens with one attached hydrogen (secondary N) is 1. The van der Waals surface area contributed by atoms with Crippen LogP contribution in [-0.4, -0.2) is 0 Å². The number of hydrogen-bond acceptors (Lipinski definition) is 1. The standard InChI is InChI=1S/C40H55N/c1-13-19-33(8)41-38-34(27-25-31(6)39(9,10)36(20-14-2)29(4)15-3)22-18-23-35(38)28-26-32(7)40(11,12)37-24-17-16-21-30(37)5/h14-17,20-21,24-28,41H,3,6,8,13,18-19,22-23H2,1-2,4-5,7,9-12H3/b20-14-,27-25+,32-26-,35-28+,36-29+. The molecule has 0 spiro atoms. The minimum atomic E-state index is -0.213. The van der Waals surface area contributed by atoms with E-state index in [1.165, 1.54) is 44.7 Å². The first-order valence-electron chi connectivity index (χ1n) is 15.3. The molecule has 0 bridgehead atoms. The fraction of sp³-hybridized carbons (Fsp3) is 0.400. The van der Waals surface area contributed by atoms with Gasteiger partial charge < -0.3 is 5.32 Å². The van der Waals surface area contributed by atoms with Crippen LogP contribution in [0.5, 0.6) is 0 Å². The maximum Gasteiger partial charge on any atom is 0.0446 e. The summed E-state index contributed by atoms with van der Waals surface area (Å²) < 4.78 is 0. The monoisotopic (exact) mass is 549 g/mol. The lowest BCUT2D eigenvalue weighted by molar-refractivity contribution is 0.564. The largest absolute Gasteiger partial charge is 0.359 e. The van der Waals surface area contributed by atoms with Crippen LogP contribution in [0, 0.1) is 12.3 Å². The highest BCUT2D eigenvalue weighted by molar-refractivity contribution is 5.49. The Bertz CT molecular complexity index is 1310. The summed E-state index contributed by atoms with van der Waals surface area (Å²) in [5, 5.41) is 3.73. The normalized spacial score (nSPS) is 16.9. The van der Waals surface area contributed by atoms with E-state index in [4.69, 9.17) is 0 Å². The van der Waals surface area contributed by atoms with Crippen LogP contribution in [0.15, 0.2) is 131 Å². The molecular formula is C40H55N. The van der Waals surface area contributed by atoms with Crippen LogP contribution in [0.25, 0.3) is 0 Å². The van der Waals surface area contributed by atoms with Crippen LogP contribution in [-0.2, 0) is 5.41 Å². The lowest BCUT2D eigenvalue weighted by Gasteiger charge is -2.30. The predicted molar refractivity (Wildman–Crippen MR) is 184 cm³/mol. The van der Waals surface area contributed by atoms with Gasteiger partial charge in [-0.25, -0.2) is 0 Å². The SMILES string of the molecule is C=C/C(C)=C(\C=C/C)C(C)(C)C(=C)/C=C/C1=C(NC(=C)CCC)C(=C/C=C(/C)C(C)(C)c2ccccc2C)/CCC1. The molecule has 0 heterocycles. The summed E-state index contributed by atoms with van der Waals surface area (Å²) in [6.07, 6.45) is 20.6. The second kappa shape index (κ2) is 15.1. The first-order chi connectivity index (χ1) is 19.3. The molecule has 0 aromatic heterocycles. The number of benzene rings is 1. The summed E-state index contributed by atoms with van der Waals surface area (Å²) >= 11 is 0. The second-order valence-electron chi connectivity index (χ2n) is 12.5. The molecule has 41 heavy (non-hydrogen) atoms. The number of allylic oxidation sites excluding steroid dienone is 14.